The fourth-order valence-electron chi connectivity index (χ4n) is 3.40. The van der Waals surface area contributed by atoms with Crippen LogP contribution in [0.3, 0.4) is 0 Å². The van der Waals surface area contributed by atoms with E-state index in [1.54, 1.807) is 23.7 Å². The van der Waals surface area contributed by atoms with E-state index in [9.17, 15) is 0 Å². The molecule has 1 aliphatic rings. The molecule has 3 aromatic heterocycles. The van der Waals surface area contributed by atoms with Gasteiger partial charge in [-0.2, -0.15) is 0 Å². The number of rotatable bonds is 6. The number of thiazole rings is 1. The van der Waals surface area contributed by atoms with Crippen LogP contribution in [-0.2, 0) is 4.74 Å². The number of pyridine rings is 2. The second-order valence-electron chi connectivity index (χ2n) is 7.11. The third-order valence-corrected chi connectivity index (χ3v) is 5.75. The Morgan fingerprint density at radius 2 is 1.81 bits per heavy atom. The van der Waals surface area contributed by atoms with Crippen molar-refractivity contribution < 1.29 is 4.74 Å². The second-order valence-corrected chi connectivity index (χ2v) is 7.96. The van der Waals surface area contributed by atoms with Crippen LogP contribution in [0.2, 0.25) is 0 Å². The fraction of sp³-hybridized carbons (Fsp3) is 0.174. The number of ether oxygens (including phenoxy) is 1. The van der Waals surface area contributed by atoms with Gasteiger partial charge >= 0.3 is 0 Å². The molecule has 0 aliphatic carbocycles. The van der Waals surface area contributed by atoms with Gasteiger partial charge in [-0.3, -0.25) is 4.98 Å². The van der Waals surface area contributed by atoms with Gasteiger partial charge in [0.15, 0.2) is 5.13 Å². The Morgan fingerprint density at radius 1 is 0.935 bits per heavy atom. The third kappa shape index (κ3) is 4.82. The maximum absolute atomic E-state index is 5.43. The molecule has 156 valence electrons. The smallest absolute Gasteiger partial charge is 0.187 e. The number of hydrogen-bond donors (Lipinski definition) is 2. The van der Waals surface area contributed by atoms with Crippen molar-refractivity contribution in [3.05, 3.63) is 72.5 Å². The highest BCUT2D eigenvalue weighted by molar-refractivity contribution is 7.14. The first-order valence-corrected chi connectivity index (χ1v) is 11.0. The molecule has 1 fully saturated rings. The van der Waals surface area contributed by atoms with Crippen LogP contribution in [0.15, 0.2) is 72.5 Å². The second kappa shape index (κ2) is 9.11. The minimum Gasteiger partial charge on any atom is -0.378 e. The lowest BCUT2D eigenvalue weighted by Crippen LogP contribution is -2.36. The summed E-state index contributed by atoms with van der Waals surface area (Å²) >= 11 is 1.56. The summed E-state index contributed by atoms with van der Waals surface area (Å²) in [6.07, 6.45) is 5.36. The molecule has 4 aromatic rings. The predicted molar refractivity (Wildman–Crippen MR) is 126 cm³/mol. The van der Waals surface area contributed by atoms with Crippen LogP contribution < -0.4 is 15.5 Å². The summed E-state index contributed by atoms with van der Waals surface area (Å²) in [5.41, 5.74) is 5.05. The Bertz CT molecular complexity index is 1130. The average Bonchev–Trinajstić information content (AvgIpc) is 3.29. The van der Waals surface area contributed by atoms with Crippen molar-refractivity contribution in [3.63, 3.8) is 0 Å². The van der Waals surface area contributed by atoms with Crippen LogP contribution in [0.5, 0.6) is 0 Å². The highest BCUT2D eigenvalue weighted by Gasteiger charge is 2.11. The molecule has 8 heteroatoms. The Morgan fingerprint density at radius 3 is 2.61 bits per heavy atom. The maximum Gasteiger partial charge on any atom is 0.187 e. The molecule has 0 amide bonds. The van der Waals surface area contributed by atoms with Gasteiger partial charge in [-0.05, 0) is 42.5 Å². The van der Waals surface area contributed by atoms with Gasteiger partial charge in [0.25, 0.3) is 0 Å². The lowest BCUT2D eigenvalue weighted by molar-refractivity contribution is 0.122. The van der Waals surface area contributed by atoms with Crippen LogP contribution in [0.1, 0.15) is 0 Å². The molecule has 0 unspecified atom stereocenters. The number of anilines is 5. The van der Waals surface area contributed by atoms with Crippen molar-refractivity contribution in [2.75, 3.05) is 41.8 Å². The van der Waals surface area contributed by atoms with Gasteiger partial charge in [0.2, 0.25) is 0 Å². The van der Waals surface area contributed by atoms with Crippen molar-refractivity contribution in [3.8, 4) is 11.3 Å². The number of morpholine rings is 1. The molecule has 5 rings (SSSR count). The summed E-state index contributed by atoms with van der Waals surface area (Å²) in [5, 5.41) is 9.58. The Labute approximate surface area is 184 Å². The van der Waals surface area contributed by atoms with Crippen LogP contribution in [0.25, 0.3) is 11.3 Å². The largest absolute Gasteiger partial charge is 0.378 e. The van der Waals surface area contributed by atoms with E-state index in [2.05, 4.69) is 54.8 Å². The van der Waals surface area contributed by atoms with Gasteiger partial charge in [0.05, 0.1) is 18.9 Å². The molecular formula is C23H22N6OS. The first-order valence-electron chi connectivity index (χ1n) is 10.1. The fourth-order valence-corrected chi connectivity index (χ4v) is 4.14. The first-order chi connectivity index (χ1) is 15.3. The summed E-state index contributed by atoms with van der Waals surface area (Å²) < 4.78 is 5.43. The van der Waals surface area contributed by atoms with Crippen LogP contribution in [0.4, 0.5) is 28.0 Å². The van der Waals surface area contributed by atoms with Crippen molar-refractivity contribution in [1.82, 2.24) is 15.0 Å². The molecule has 1 aliphatic heterocycles. The number of benzene rings is 1. The molecule has 1 aromatic carbocycles. The topological polar surface area (TPSA) is 75.2 Å². The normalized spacial score (nSPS) is 13.7. The van der Waals surface area contributed by atoms with Gasteiger partial charge in [-0.25, -0.2) is 9.97 Å². The highest BCUT2D eigenvalue weighted by atomic mass is 32.1. The molecule has 0 radical (unpaired) electrons. The summed E-state index contributed by atoms with van der Waals surface area (Å²) in [6.45, 7) is 3.43. The number of aromatic nitrogens is 3. The summed E-state index contributed by atoms with van der Waals surface area (Å²) in [7, 11) is 0. The zero-order chi connectivity index (χ0) is 20.9. The molecule has 0 saturated carbocycles. The number of nitrogens with zero attached hydrogens (tertiary/aromatic N) is 4. The number of hydrogen-bond acceptors (Lipinski definition) is 8. The standard InChI is InChI=1S/C23H22N6OS/c1-2-17(15-24-8-1)21-16-31-23(28-21)27-19-7-9-25-22(14-19)26-18-3-5-20(6-4-18)29-10-12-30-13-11-29/h1-9,14-16H,10-13H2,(H2,25,26,27,28). The molecule has 0 bridgehead atoms. The van der Waals surface area contributed by atoms with Crippen molar-refractivity contribution in [2.24, 2.45) is 0 Å². The number of nitrogens with one attached hydrogen (secondary N) is 2. The van der Waals surface area contributed by atoms with E-state index in [1.807, 2.05) is 35.8 Å². The molecule has 2 N–H and O–H groups in total. The van der Waals surface area contributed by atoms with Crippen LogP contribution >= 0.6 is 11.3 Å². The predicted octanol–water partition coefficient (Wildman–Crippen LogP) is 4.92. The minimum atomic E-state index is 0.771. The van der Waals surface area contributed by atoms with E-state index < -0.39 is 0 Å². The van der Waals surface area contributed by atoms with E-state index in [0.717, 1.165) is 59.9 Å². The van der Waals surface area contributed by atoms with E-state index in [-0.39, 0.29) is 0 Å². The lowest BCUT2D eigenvalue weighted by atomic mass is 10.2. The average molecular weight is 431 g/mol. The lowest BCUT2D eigenvalue weighted by Gasteiger charge is -2.28. The third-order valence-electron chi connectivity index (χ3n) is 4.99. The van der Waals surface area contributed by atoms with Gasteiger partial charge < -0.3 is 20.3 Å². The van der Waals surface area contributed by atoms with Crippen LogP contribution in [0, 0.1) is 0 Å². The van der Waals surface area contributed by atoms with E-state index >= 15 is 0 Å². The quantitative estimate of drug-likeness (QED) is 0.449. The molecule has 4 heterocycles. The van der Waals surface area contributed by atoms with Gasteiger partial charge in [0, 0.05) is 65.8 Å². The zero-order valence-electron chi connectivity index (χ0n) is 16.9. The van der Waals surface area contributed by atoms with Gasteiger partial charge in [0.1, 0.15) is 5.82 Å². The Balaban J connectivity index is 1.25. The Hall–Kier alpha value is -3.49. The van der Waals surface area contributed by atoms with E-state index in [1.165, 1.54) is 5.69 Å². The summed E-state index contributed by atoms with van der Waals surface area (Å²) in [6, 6.07) is 16.2. The molecule has 31 heavy (non-hydrogen) atoms. The summed E-state index contributed by atoms with van der Waals surface area (Å²) in [4.78, 5) is 15.6. The SMILES string of the molecule is c1cncc(-c2csc(Nc3ccnc(Nc4ccc(N5CCOCC5)cc4)c3)n2)c1. The van der Waals surface area contributed by atoms with Gasteiger partial charge in [-0.1, -0.05) is 0 Å². The highest BCUT2D eigenvalue weighted by Crippen LogP contribution is 2.28. The molecule has 0 spiro atoms. The molecule has 0 atom stereocenters. The first kappa shape index (κ1) is 19.5. The molecule has 7 nitrogen and oxygen atoms in total. The van der Waals surface area contributed by atoms with Gasteiger partial charge in [-0.15, -0.1) is 11.3 Å². The summed E-state index contributed by atoms with van der Waals surface area (Å²) in [5.74, 6) is 0.771. The Kier molecular flexibility index (Phi) is 5.72. The minimum absolute atomic E-state index is 0.771. The van der Waals surface area contributed by atoms with E-state index in [4.69, 9.17) is 4.74 Å². The van der Waals surface area contributed by atoms with E-state index in [0.29, 0.717) is 0 Å². The van der Waals surface area contributed by atoms with Crippen molar-refractivity contribution >= 4 is 39.3 Å². The maximum atomic E-state index is 5.43. The van der Waals surface area contributed by atoms with Crippen molar-refractivity contribution in [2.45, 2.75) is 0 Å². The molecular weight excluding hydrogens is 408 g/mol. The monoisotopic (exact) mass is 430 g/mol. The van der Waals surface area contributed by atoms with Crippen molar-refractivity contribution in [1.29, 1.82) is 0 Å². The zero-order valence-corrected chi connectivity index (χ0v) is 17.7. The van der Waals surface area contributed by atoms with Crippen LogP contribution in [-0.4, -0.2) is 41.3 Å². The molecule has 1 saturated heterocycles.